The molecule has 3 aromatic rings. The van der Waals surface area contributed by atoms with E-state index in [2.05, 4.69) is 15.2 Å². The molecule has 1 saturated heterocycles. The molecular formula is C19H23F2IN6S. The quantitative estimate of drug-likeness (QED) is 0.317. The molecule has 0 radical (unpaired) electrons. The van der Waals surface area contributed by atoms with Gasteiger partial charge in [0, 0.05) is 56.6 Å². The van der Waals surface area contributed by atoms with Gasteiger partial charge in [-0.2, -0.15) is 0 Å². The molecule has 156 valence electrons. The van der Waals surface area contributed by atoms with Crippen LogP contribution in [-0.4, -0.2) is 53.0 Å². The number of aromatic nitrogens is 2. The normalized spacial score (nSPS) is 14.9. The second-order valence-electron chi connectivity index (χ2n) is 6.57. The minimum Gasteiger partial charge on any atom is -0.366 e. The smallest absolute Gasteiger partial charge is 0.194 e. The number of nitrogens with one attached hydrogen (secondary N) is 1. The predicted molar refractivity (Wildman–Crippen MR) is 123 cm³/mol. The molecule has 3 heterocycles. The first-order valence-corrected chi connectivity index (χ1v) is 10.2. The Morgan fingerprint density at radius 2 is 2.03 bits per heavy atom. The Morgan fingerprint density at radius 3 is 2.76 bits per heavy atom. The highest BCUT2D eigenvalue weighted by molar-refractivity contribution is 14.0. The maximum absolute atomic E-state index is 14.0. The first-order valence-electron chi connectivity index (χ1n) is 9.28. The largest absolute Gasteiger partial charge is 0.366 e. The molecule has 1 fully saturated rings. The minimum absolute atomic E-state index is 0. The van der Waals surface area contributed by atoms with Gasteiger partial charge in [0.2, 0.25) is 0 Å². The van der Waals surface area contributed by atoms with Crippen molar-refractivity contribution in [1.82, 2.24) is 19.6 Å². The van der Waals surface area contributed by atoms with Crippen LogP contribution in [0.2, 0.25) is 0 Å². The summed E-state index contributed by atoms with van der Waals surface area (Å²) >= 11 is 1.60. The van der Waals surface area contributed by atoms with Crippen molar-refractivity contribution < 1.29 is 8.78 Å². The average Bonchev–Trinajstić information content (AvgIpc) is 3.29. The number of thiazole rings is 1. The maximum Gasteiger partial charge on any atom is 0.194 e. The fraction of sp³-hybridized carbons (Fsp3) is 0.368. The Balaban J connectivity index is 0.00000240. The van der Waals surface area contributed by atoms with E-state index in [0.717, 1.165) is 29.2 Å². The van der Waals surface area contributed by atoms with Gasteiger partial charge in [0.15, 0.2) is 10.9 Å². The van der Waals surface area contributed by atoms with Gasteiger partial charge in [0.25, 0.3) is 0 Å². The molecule has 1 aromatic carbocycles. The van der Waals surface area contributed by atoms with Crippen molar-refractivity contribution in [3.63, 3.8) is 0 Å². The molecule has 1 N–H and O–H groups in total. The fourth-order valence-corrected chi connectivity index (χ4v) is 4.04. The van der Waals surface area contributed by atoms with Crippen LogP contribution in [0.3, 0.4) is 0 Å². The number of fused-ring (bicyclic) bond motifs is 1. The minimum atomic E-state index is -0.422. The summed E-state index contributed by atoms with van der Waals surface area (Å²) in [6.45, 7) is 5.85. The zero-order chi connectivity index (χ0) is 19.5. The number of guanidine groups is 1. The summed E-state index contributed by atoms with van der Waals surface area (Å²) in [6.07, 6.45) is 3.97. The summed E-state index contributed by atoms with van der Waals surface area (Å²) < 4.78 is 29.5. The van der Waals surface area contributed by atoms with E-state index < -0.39 is 11.6 Å². The molecule has 2 aromatic heterocycles. The number of nitrogens with zero attached hydrogens (tertiary/aromatic N) is 5. The fourth-order valence-electron chi connectivity index (χ4n) is 3.32. The molecule has 0 atom stereocenters. The molecule has 0 amide bonds. The second kappa shape index (κ2) is 9.70. The number of rotatable bonds is 4. The summed E-state index contributed by atoms with van der Waals surface area (Å²) in [5, 5.41) is 5.32. The molecule has 4 rings (SSSR count). The molecule has 0 unspecified atom stereocenters. The van der Waals surface area contributed by atoms with Crippen molar-refractivity contribution in [3.05, 3.63) is 53.3 Å². The summed E-state index contributed by atoms with van der Waals surface area (Å²) in [4.78, 5) is 14.3. The van der Waals surface area contributed by atoms with Crippen LogP contribution in [0.5, 0.6) is 0 Å². The average molecular weight is 532 g/mol. The van der Waals surface area contributed by atoms with Gasteiger partial charge >= 0.3 is 0 Å². The van der Waals surface area contributed by atoms with Crippen LogP contribution in [0.4, 0.5) is 14.5 Å². The third-order valence-electron chi connectivity index (χ3n) is 4.70. The van der Waals surface area contributed by atoms with Gasteiger partial charge in [-0.25, -0.2) is 18.8 Å². The van der Waals surface area contributed by atoms with Gasteiger partial charge in [-0.15, -0.1) is 35.3 Å². The van der Waals surface area contributed by atoms with E-state index in [9.17, 15) is 8.78 Å². The topological polar surface area (TPSA) is 48.2 Å². The van der Waals surface area contributed by atoms with Gasteiger partial charge in [0.05, 0.1) is 17.9 Å². The molecule has 0 bridgehead atoms. The molecule has 1 aliphatic heterocycles. The number of halogens is 3. The van der Waals surface area contributed by atoms with Crippen molar-refractivity contribution in [2.24, 2.45) is 4.99 Å². The van der Waals surface area contributed by atoms with E-state index in [1.54, 1.807) is 11.3 Å². The van der Waals surface area contributed by atoms with Crippen LogP contribution in [0.25, 0.3) is 4.96 Å². The van der Waals surface area contributed by atoms with E-state index in [4.69, 9.17) is 4.99 Å². The van der Waals surface area contributed by atoms with Gasteiger partial charge in [-0.3, -0.25) is 4.40 Å². The summed E-state index contributed by atoms with van der Waals surface area (Å²) in [5.74, 6) is 0.00194. The van der Waals surface area contributed by atoms with Crippen LogP contribution in [0.15, 0.2) is 41.0 Å². The molecule has 10 heteroatoms. The molecular weight excluding hydrogens is 509 g/mol. The van der Waals surface area contributed by atoms with Crippen molar-refractivity contribution in [1.29, 1.82) is 0 Å². The van der Waals surface area contributed by atoms with Crippen LogP contribution in [-0.2, 0) is 6.54 Å². The van der Waals surface area contributed by atoms with Gasteiger partial charge in [0.1, 0.15) is 11.6 Å². The zero-order valence-corrected chi connectivity index (χ0v) is 19.2. The number of anilines is 1. The highest BCUT2D eigenvalue weighted by atomic mass is 127. The molecule has 0 spiro atoms. The first kappa shape index (κ1) is 21.8. The SMILES string of the molecule is CCNC(=NCc1cn2ccsc2n1)N1CCN(c2cc(F)ccc2F)CC1.I. The van der Waals surface area contributed by atoms with Crippen molar-refractivity contribution >= 4 is 51.9 Å². The van der Waals surface area contributed by atoms with Gasteiger partial charge < -0.3 is 15.1 Å². The molecule has 29 heavy (non-hydrogen) atoms. The van der Waals surface area contributed by atoms with Crippen molar-refractivity contribution in [3.8, 4) is 0 Å². The maximum atomic E-state index is 14.0. The molecule has 6 nitrogen and oxygen atoms in total. The first-order chi connectivity index (χ1) is 13.6. The summed E-state index contributed by atoms with van der Waals surface area (Å²) in [7, 11) is 0. The van der Waals surface area contributed by atoms with Crippen molar-refractivity contribution in [2.45, 2.75) is 13.5 Å². The summed E-state index contributed by atoms with van der Waals surface area (Å²) in [5.41, 5.74) is 1.24. The Bertz CT molecular complexity index is 952. The third kappa shape index (κ3) is 4.97. The lowest BCUT2D eigenvalue weighted by Crippen LogP contribution is -2.52. The number of piperazine rings is 1. The molecule has 1 aliphatic rings. The van der Waals surface area contributed by atoms with E-state index >= 15 is 0 Å². The highest BCUT2D eigenvalue weighted by Gasteiger charge is 2.22. The predicted octanol–water partition coefficient (Wildman–Crippen LogP) is 3.58. The van der Waals surface area contributed by atoms with E-state index in [1.165, 1.54) is 12.1 Å². The lowest BCUT2D eigenvalue weighted by Gasteiger charge is -2.37. The van der Waals surface area contributed by atoms with Crippen LogP contribution < -0.4 is 10.2 Å². The standard InChI is InChI=1S/C19H22F2N6S.HI/c1-2-22-18(23-12-15-13-27-9-10-28-19(27)24-15)26-7-5-25(6-8-26)17-11-14(20)3-4-16(17)21;/h3-4,9-11,13H,2,5-8,12H2,1H3,(H,22,23);1H. The Morgan fingerprint density at radius 1 is 1.24 bits per heavy atom. The van der Waals surface area contributed by atoms with Crippen molar-refractivity contribution in [2.75, 3.05) is 37.6 Å². The van der Waals surface area contributed by atoms with E-state index in [-0.39, 0.29) is 24.0 Å². The molecule has 0 saturated carbocycles. The number of hydrogen-bond donors (Lipinski definition) is 1. The Kier molecular flexibility index (Phi) is 7.28. The Labute approximate surface area is 189 Å². The van der Waals surface area contributed by atoms with Crippen LogP contribution in [0.1, 0.15) is 12.6 Å². The van der Waals surface area contributed by atoms with E-state index in [0.29, 0.717) is 38.4 Å². The lowest BCUT2D eigenvalue weighted by molar-refractivity contribution is 0.370. The lowest BCUT2D eigenvalue weighted by atomic mass is 10.2. The third-order valence-corrected chi connectivity index (χ3v) is 5.47. The summed E-state index contributed by atoms with van der Waals surface area (Å²) in [6, 6.07) is 3.58. The molecule has 0 aliphatic carbocycles. The Hall–Kier alpha value is -1.95. The monoisotopic (exact) mass is 532 g/mol. The number of aliphatic imine (C=N–C) groups is 1. The van der Waals surface area contributed by atoms with E-state index in [1.807, 2.05) is 34.0 Å². The zero-order valence-electron chi connectivity index (χ0n) is 16.0. The van der Waals surface area contributed by atoms with Crippen LogP contribution in [0, 0.1) is 11.6 Å². The number of benzene rings is 1. The highest BCUT2D eigenvalue weighted by Crippen LogP contribution is 2.22. The second-order valence-corrected chi connectivity index (χ2v) is 7.44. The van der Waals surface area contributed by atoms with Gasteiger partial charge in [-0.1, -0.05) is 0 Å². The number of hydrogen-bond acceptors (Lipinski definition) is 4. The van der Waals surface area contributed by atoms with Gasteiger partial charge in [-0.05, 0) is 19.1 Å². The van der Waals surface area contributed by atoms with Crippen LogP contribution >= 0.6 is 35.3 Å². The number of imidazole rings is 1.